The van der Waals surface area contributed by atoms with Gasteiger partial charge in [0.05, 0.1) is 18.4 Å². The van der Waals surface area contributed by atoms with Crippen LogP contribution in [0.25, 0.3) is 0 Å². The largest absolute Gasteiger partial charge is 0.494 e. The molecule has 2 aromatic carbocycles. The Hall–Kier alpha value is -2.87. The first-order chi connectivity index (χ1) is 14.8. The third-order valence-corrected chi connectivity index (χ3v) is 5.86. The number of methoxy groups -OCH3 is 1. The van der Waals surface area contributed by atoms with Crippen molar-refractivity contribution in [2.24, 2.45) is 5.92 Å². The maximum Gasteiger partial charge on any atom is 0.253 e. The summed E-state index contributed by atoms with van der Waals surface area (Å²) in [6, 6.07) is 11.5. The number of rotatable bonds is 7. The Kier molecular flexibility index (Phi) is 7.33. The van der Waals surface area contributed by atoms with Crippen molar-refractivity contribution in [1.82, 2.24) is 5.32 Å². The third kappa shape index (κ3) is 5.25. The highest BCUT2D eigenvalue weighted by Gasteiger charge is 2.27. The van der Waals surface area contributed by atoms with E-state index in [2.05, 4.69) is 26.6 Å². The average Bonchev–Trinajstić information content (AvgIpc) is 3.17. The second-order valence-corrected chi connectivity index (χ2v) is 8.55. The van der Waals surface area contributed by atoms with Crippen LogP contribution in [-0.2, 0) is 9.59 Å². The van der Waals surface area contributed by atoms with Gasteiger partial charge in [0, 0.05) is 29.2 Å². The van der Waals surface area contributed by atoms with Gasteiger partial charge < -0.3 is 20.3 Å². The van der Waals surface area contributed by atoms with E-state index in [0.717, 1.165) is 6.42 Å². The summed E-state index contributed by atoms with van der Waals surface area (Å²) in [7, 11) is 1.53. The van der Waals surface area contributed by atoms with Crippen molar-refractivity contribution >= 4 is 45.0 Å². The van der Waals surface area contributed by atoms with Crippen LogP contribution in [-0.4, -0.2) is 37.4 Å². The average molecular weight is 488 g/mol. The molecule has 0 spiro atoms. The van der Waals surface area contributed by atoms with E-state index in [1.807, 2.05) is 19.9 Å². The van der Waals surface area contributed by atoms with Crippen molar-refractivity contribution < 1.29 is 19.1 Å². The van der Waals surface area contributed by atoms with E-state index in [9.17, 15) is 14.4 Å². The molecular weight excluding hydrogens is 462 g/mol. The van der Waals surface area contributed by atoms with Gasteiger partial charge in [-0.15, -0.1) is 0 Å². The Bertz CT molecular complexity index is 993. The van der Waals surface area contributed by atoms with E-state index < -0.39 is 6.04 Å². The number of nitrogens with one attached hydrogen (secondary N) is 2. The maximum absolute atomic E-state index is 13.0. The molecule has 0 radical (unpaired) electrons. The molecule has 0 unspecified atom stereocenters. The zero-order valence-electron chi connectivity index (χ0n) is 17.8. The molecular formula is C23H26BrN3O4. The quantitative estimate of drug-likeness (QED) is 0.618. The molecule has 164 valence electrons. The van der Waals surface area contributed by atoms with E-state index in [0.29, 0.717) is 40.1 Å². The zero-order chi connectivity index (χ0) is 22.5. The molecule has 0 aromatic heterocycles. The Morgan fingerprint density at radius 1 is 1.16 bits per heavy atom. The second kappa shape index (κ2) is 9.96. The smallest absolute Gasteiger partial charge is 0.253 e. The van der Waals surface area contributed by atoms with Crippen LogP contribution in [0.4, 0.5) is 11.4 Å². The van der Waals surface area contributed by atoms with Crippen molar-refractivity contribution in [2.45, 2.75) is 32.7 Å². The minimum absolute atomic E-state index is 0.0599. The first kappa shape index (κ1) is 22.8. The number of amides is 3. The summed E-state index contributed by atoms with van der Waals surface area (Å²) < 4.78 is 6.11. The summed E-state index contributed by atoms with van der Waals surface area (Å²) in [5.74, 6) is -0.227. The SMILES string of the molecule is COc1cc(NC(=O)[C@H](NC(=O)c2ccccc2Br)C(C)C)ccc1N1CCCC1=O. The third-order valence-electron chi connectivity index (χ3n) is 5.17. The predicted molar refractivity (Wildman–Crippen MR) is 123 cm³/mol. The van der Waals surface area contributed by atoms with E-state index in [1.54, 1.807) is 41.3 Å². The molecule has 1 fully saturated rings. The summed E-state index contributed by atoms with van der Waals surface area (Å²) in [5, 5.41) is 5.67. The Morgan fingerprint density at radius 2 is 1.90 bits per heavy atom. The molecule has 2 aromatic rings. The molecule has 1 heterocycles. The first-order valence-electron chi connectivity index (χ1n) is 10.2. The fourth-order valence-electron chi connectivity index (χ4n) is 3.50. The standard InChI is InChI=1S/C23H26BrN3O4/c1-14(2)21(26-22(29)16-7-4-5-8-17(16)24)23(30)25-15-10-11-18(19(13-15)31-3)27-12-6-9-20(27)28/h4-5,7-8,10-11,13-14,21H,6,9,12H2,1-3H3,(H,25,30)(H,26,29)/t21-/m1/s1. The van der Waals surface area contributed by atoms with Crippen molar-refractivity contribution in [3.8, 4) is 5.75 Å². The second-order valence-electron chi connectivity index (χ2n) is 7.70. The number of ether oxygens (including phenoxy) is 1. The summed E-state index contributed by atoms with van der Waals surface area (Å²) in [5.41, 5.74) is 1.67. The van der Waals surface area contributed by atoms with Crippen LogP contribution in [0.5, 0.6) is 5.75 Å². The van der Waals surface area contributed by atoms with Gasteiger partial charge in [0.2, 0.25) is 11.8 Å². The lowest BCUT2D eigenvalue weighted by molar-refractivity contribution is -0.119. The highest BCUT2D eigenvalue weighted by molar-refractivity contribution is 9.10. The fourth-order valence-corrected chi connectivity index (χ4v) is 3.97. The number of hydrogen-bond acceptors (Lipinski definition) is 4. The lowest BCUT2D eigenvalue weighted by Crippen LogP contribution is -2.47. The van der Waals surface area contributed by atoms with Gasteiger partial charge in [0.15, 0.2) is 0 Å². The molecule has 7 nitrogen and oxygen atoms in total. The van der Waals surface area contributed by atoms with E-state index in [1.165, 1.54) is 7.11 Å². The molecule has 1 atom stereocenters. The van der Waals surface area contributed by atoms with Gasteiger partial charge in [-0.1, -0.05) is 26.0 Å². The molecule has 1 aliphatic heterocycles. The number of benzene rings is 2. The van der Waals surface area contributed by atoms with Crippen LogP contribution in [0.1, 0.15) is 37.0 Å². The monoisotopic (exact) mass is 487 g/mol. The molecule has 2 N–H and O–H groups in total. The molecule has 8 heteroatoms. The number of nitrogens with zero attached hydrogens (tertiary/aromatic N) is 1. The van der Waals surface area contributed by atoms with Crippen molar-refractivity contribution in [2.75, 3.05) is 23.9 Å². The predicted octanol–water partition coefficient (Wildman–Crippen LogP) is 3.98. The molecule has 1 saturated heterocycles. The maximum atomic E-state index is 13.0. The Balaban J connectivity index is 1.75. The first-order valence-corrected chi connectivity index (χ1v) is 11.0. The van der Waals surface area contributed by atoms with Crippen LogP contribution < -0.4 is 20.3 Å². The summed E-state index contributed by atoms with van der Waals surface area (Å²) in [6.07, 6.45) is 1.34. The van der Waals surface area contributed by atoms with Crippen LogP contribution >= 0.6 is 15.9 Å². The van der Waals surface area contributed by atoms with E-state index >= 15 is 0 Å². The van der Waals surface area contributed by atoms with Gasteiger partial charge in [-0.2, -0.15) is 0 Å². The van der Waals surface area contributed by atoms with Crippen LogP contribution in [0.3, 0.4) is 0 Å². The summed E-state index contributed by atoms with van der Waals surface area (Å²) >= 11 is 3.37. The Morgan fingerprint density at radius 3 is 2.52 bits per heavy atom. The van der Waals surface area contributed by atoms with Gasteiger partial charge in [-0.05, 0) is 52.5 Å². The minimum Gasteiger partial charge on any atom is -0.494 e. The van der Waals surface area contributed by atoms with Crippen LogP contribution in [0.15, 0.2) is 46.9 Å². The highest BCUT2D eigenvalue weighted by atomic mass is 79.9. The minimum atomic E-state index is -0.731. The molecule has 0 saturated carbocycles. The number of anilines is 2. The normalized spacial score (nSPS) is 14.5. The van der Waals surface area contributed by atoms with Gasteiger partial charge in [0.1, 0.15) is 11.8 Å². The molecule has 0 aliphatic carbocycles. The molecule has 31 heavy (non-hydrogen) atoms. The number of carbonyl (C=O) groups excluding carboxylic acids is 3. The topological polar surface area (TPSA) is 87.7 Å². The molecule has 1 aliphatic rings. The summed E-state index contributed by atoms with van der Waals surface area (Å²) in [4.78, 5) is 39.4. The van der Waals surface area contributed by atoms with Gasteiger partial charge >= 0.3 is 0 Å². The number of halogens is 1. The molecule has 3 amide bonds. The summed E-state index contributed by atoms with van der Waals surface area (Å²) in [6.45, 7) is 4.39. The van der Waals surface area contributed by atoms with Crippen LogP contribution in [0, 0.1) is 5.92 Å². The lowest BCUT2D eigenvalue weighted by Gasteiger charge is -2.23. The van der Waals surface area contributed by atoms with Gasteiger partial charge in [-0.3, -0.25) is 14.4 Å². The van der Waals surface area contributed by atoms with E-state index in [-0.39, 0.29) is 23.6 Å². The van der Waals surface area contributed by atoms with E-state index in [4.69, 9.17) is 4.74 Å². The molecule has 0 bridgehead atoms. The molecule has 3 rings (SSSR count). The number of carbonyl (C=O) groups is 3. The lowest BCUT2D eigenvalue weighted by atomic mass is 10.0. The number of hydrogen-bond donors (Lipinski definition) is 2. The zero-order valence-corrected chi connectivity index (χ0v) is 19.4. The van der Waals surface area contributed by atoms with Crippen molar-refractivity contribution in [1.29, 1.82) is 0 Å². The van der Waals surface area contributed by atoms with Crippen LogP contribution in [0.2, 0.25) is 0 Å². The Labute approximate surface area is 190 Å². The van der Waals surface area contributed by atoms with Gasteiger partial charge in [0.25, 0.3) is 5.91 Å². The van der Waals surface area contributed by atoms with Crippen molar-refractivity contribution in [3.63, 3.8) is 0 Å². The fraction of sp³-hybridized carbons (Fsp3) is 0.348. The van der Waals surface area contributed by atoms with Gasteiger partial charge in [-0.25, -0.2) is 0 Å². The highest BCUT2D eigenvalue weighted by Crippen LogP contribution is 2.34. The van der Waals surface area contributed by atoms with Crippen molar-refractivity contribution in [3.05, 3.63) is 52.5 Å².